The van der Waals surface area contributed by atoms with Crippen molar-refractivity contribution in [1.82, 2.24) is 5.32 Å². The van der Waals surface area contributed by atoms with Crippen LogP contribution < -0.4 is 10.6 Å². The Balaban J connectivity index is 2.58. The highest BCUT2D eigenvalue weighted by atomic mass is 19.1. The van der Waals surface area contributed by atoms with Gasteiger partial charge in [-0.1, -0.05) is 13.8 Å². The molecule has 1 unspecified atom stereocenters. The number of anilines is 1. The molecule has 1 atom stereocenters. The highest BCUT2D eigenvalue weighted by molar-refractivity contribution is 5.81. The van der Waals surface area contributed by atoms with Gasteiger partial charge >= 0.3 is 0 Å². The van der Waals surface area contributed by atoms with Crippen LogP contribution in [0.5, 0.6) is 0 Å². The number of hydrogen-bond donors (Lipinski definition) is 2. The Labute approximate surface area is 112 Å². The lowest BCUT2D eigenvalue weighted by molar-refractivity contribution is -0.120. The molecular formula is C14H20F2N2O. The monoisotopic (exact) mass is 270 g/mol. The number of carbonyl (C=O) groups is 1. The Kier molecular flexibility index (Phi) is 5.27. The number of nitrogens with one attached hydrogen (secondary N) is 2. The van der Waals surface area contributed by atoms with Gasteiger partial charge < -0.3 is 10.6 Å². The van der Waals surface area contributed by atoms with Crippen LogP contribution in [0.4, 0.5) is 14.5 Å². The molecular weight excluding hydrogens is 250 g/mol. The van der Waals surface area contributed by atoms with Gasteiger partial charge in [0.2, 0.25) is 5.91 Å². The molecule has 0 radical (unpaired) electrons. The average Bonchev–Trinajstić information content (AvgIpc) is 2.32. The molecule has 106 valence electrons. The molecule has 0 spiro atoms. The Morgan fingerprint density at radius 2 is 1.84 bits per heavy atom. The highest BCUT2D eigenvalue weighted by Crippen LogP contribution is 2.18. The van der Waals surface area contributed by atoms with E-state index >= 15 is 0 Å². The number of halogens is 2. The molecule has 1 aromatic carbocycles. The molecule has 0 bridgehead atoms. The molecule has 1 amide bonds. The SMILES string of the molecule is Cc1cc(F)c(NCC(=O)NC(C)C(C)C)cc1F. The Hall–Kier alpha value is -1.65. The molecule has 1 aromatic rings. The topological polar surface area (TPSA) is 41.1 Å². The van der Waals surface area contributed by atoms with Crippen molar-refractivity contribution in [2.75, 3.05) is 11.9 Å². The molecule has 0 aliphatic carbocycles. The minimum absolute atomic E-state index is 0.00421. The summed E-state index contributed by atoms with van der Waals surface area (Å²) in [6.45, 7) is 7.28. The van der Waals surface area contributed by atoms with Crippen LogP contribution in [0.15, 0.2) is 12.1 Å². The lowest BCUT2D eigenvalue weighted by Crippen LogP contribution is -2.39. The minimum Gasteiger partial charge on any atom is -0.374 e. The molecule has 0 heterocycles. The van der Waals surface area contributed by atoms with Crippen LogP contribution in [0.3, 0.4) is 0 Å². The summed E-state index contributed by atoms with van der Waals surface area (Å²) in [5.41, 5.74) is 0.233. The standard InChI is InChI=1S/C14H20F2N2O/c1-8(2)10(4)18-14(19)7-17-13-6-11(15)9(3)5-12(13)16/h5-6,8,10,17H,7H2,1-4H3,(H,18,19). The third kappa shape index (κ3) is 4.50. The van der Waals surface area contributed by atoms with Crippen molar-refractivity contribution in [3.05, 3.63) is 29.3 Å². The maximum absolute atomic E-state index is 13.5. The summed E-state index contributed by atoms with van der Waals surface area (Å²) in [6, 6.07) is 2.20. The third-order valence-corrected chi connectivity index (χ3v) is 3.08. The van der Waals surface area contributed by atoms with Gasteiger partial charge in [-0.2, -0.15) is 0 Å². The maximum atomic E-state index is 13.5. The Morgan fingerprint density at radius 3 is 2.42 bits per heavy atom. The van der Waals surface area contributed by atoms with E-state index < -0.39 is 11.6 Å². The second-order valence-electron chi connectivity index (χ2n) is 5.03. The van der Waals surface area contributed by atoms with Crippen molar-refractivity contribution in [2.24, 2.45) is 5.92 Å². The molecule has 0 saturated heterocycles. The molecule has 3 nitrogen and oxygen atoms in total. The fourth-order valence-electron chi connectivity index (χ4n) is 1.43. The smallest absolute Gasteiger partial charge is 0.239 e. The van der Waals surface area contributed by atoms with E-state index in [-0.39, 0.29) is 29.7 Å². The van der Waals surface area contributed by atoms with Gasteiger partial charge in [0.05, 0.1) is 12.2 Å². The molecule has 2 N–H and O–H groups in total. The van der Waals surface area contributed by atoms with E-state index in [1.807, 2.05) is 20.8 Å². The van der Waals surface area contributed by atoms with Crippen LogP contribution in [-0.4, -0.2) is 18.5 Å². The second kappa shape index (κ2) is 6.50. The van der Waals surface area contributed by atoms with Gasteiger partial charge in [-0.05, 0) is 31.4 Å². The number of aryl methyl sites for hydroxylation is 1. The second-order valence-corrected chi connectivity index (χ2v) is 5.03. The normalized spacial score (nSPS) is 12.4. The zero-order valence-corrected chi connectivity index (χ0v) is 11.7. The Morgan fingerprint density at radius 1 is 1.21 bits per heavy atom. The Bertz CT molecular complexity index is 461. The summed E-state index contributed by atoms with van der Waals surface area (Å²) in [4.78, 5) is 11.6. The molecule has 0 aliphatic heterocycles. The lowest BCUT2D eigenvalue weighted by atomic mass is 10.1. The van der Waals surface area contributed by atoms with E-state index in [9.17, 15) is 13.6 Å². The van der Waals surface area contributed by atoms with E-state index in [1.54, 1.807) is 0 Å². The summed E-state index contributed by atoms with van der Waals surface area (Å²) in [6.07, 6.45) is 0. The predicted octanol–water partition coefficient (Wildman–Crippen LogP) is 2.85. The predicted molar refractivity (Wildman–Crippen MR) is 72.0 cm³/mol. The molecule has 0 saturated carbocycles. The summed E-state index contributed by atoms with van der Waals surface area (Å²) in [7, 11) is 0. The van der Waals surface area contributed by atoms with Gasteiger partial charge in [-0.25, -0.2) is 8.78 Å². The van der Waals surface area contributed by atoms with E-state index in [2.05, 4.69) is 10.6 Å². The van der Waals surface area contributed by atoms with Crippen molar-refractivity contribution in [3.63, 3.8) is 0 Å². The maximum Gasteiger partial charge on any atom is 0.239 e. The molecule has 1 rings (SSSR count). The molecule has 0 fully saturated rings. The van der Waals surface area contributed by atoms with E-state index in [0.29, 0.717) is 5.92 Å². The lowest BCUT2D eigenvalue weighted by Gasteiger charge is -2.18. The third-order valence-electron chi connectivity index (χ3n) is 3.08. The van der Waals surface area contributed by atoms with Crippen LogP contribution in [0, 0.1) is 24.5 Å². The number of amides is 1. The van der Waals surface area contributed by atoms with E-state index in [0.717, 1.165) is 12.1 Å². The van der Waals surface area contributed by atoms with Gasteiger partial charge in [0.15, 0.2) is 0 Å². The highest BCUT2D eigenvalue weighted by Gasteiger charge is 2.12. The van der Waals surface area contributed by atoms with Gasteiger partial charge in [-0.15, -0.1) is 0 Å². The number of rotatable bonds is 5. The fraction of sp³-hybridized carbons (Fsp3) is 0.500. The summed E-state index contributed by atoms with van der Waals surface area (Å²) < 4.78 is 26.8. The quantitative estimate of drug-likeness (QED) is 0.863. The fourth-order valence-corrected chi connectivity index (χ4v) is 1.43. The number of benzene rings is 1. The van der Waals surface area contributed by atoms with E-state index in [1.165, 1.54) is 6.92 Å². The van der Waals surface area contributed by atoms with Crippen LogP contribution in [-0.2, 0) is 4.79 Å². The van der Waals surface area contributed by atoms with Crippen molar-refractivity contribution in [3.8, 4) is 0 Å². The first-order valence-electron chi connectivity index (χ1n) is 6.30. The summed E-state index contributed by atoms with van der Waals surface area (Å²) >= 11 is 0. The summed E-state index contributed by atoms with van der Waals surface area (Å²) in [5.74, 6) is -0.998. The average molecular weight is 270 g/mol. The molecule has 0 aliphatic rings. The zero-order valence-electron chi connectivity index (χ0n) is 11.7. The van der Waals surface area contributed by atoms with Gasteiger partial charge in [0.25, 0.3) is 0 Å². The van der Waals surface area contributed by atoms with E-state index in [4.69, 9.17) is 0 Å². The van der Waals surface area contributed by atoms with Crippen LogP contribution in [0.25, 0.3) is 0 Å². The van der Waals surface area contributed by atoms with Gasteiger partial charge in [0.1, 0.15) is 11.6 Å². The number of carbonyl (C=O) groups excluding carboxylic acids is 1. The summed E-state index contributed by atoms with van der Waals surface area (Å²) in [5, 5.41) is 5.38. The van der Waals surface area contributed by atoms with Crippen molar-refractivity contribution in [1.29, 1.82) is 0 Å². The largest absolute Gasteiger partial charge is 0.374 e. The first kappa shape index (κ1) is 15.4. The minimum atomic E-state index is -0.566. The van der Waals surface area contributed by atoms with Crippen LogP contribution >= 0.6 is 0 Å². The van der Waals surface area contributed by atoms with Crippen LogP contribution in [0.2, 0.25) is 0 Å². The first-order chi connectivity index (χ1) is 8.81. The first-order valence-corrected chi connectivity index (χ1v) is 6.30. The van der Waals surface area contributed by atoms with Crippen molar-refractivity contribution < 1.29 is 13.6 Å². The number of hydrogen-bond acceptors (Lipinski definition) is 2. The van der Waals surface area contributed by atoms with Crippen LogP contribution in [0.1, 0.15) is 26.3 Å². The van der Waals surface area contributed by atoms with Gasteiger partial charge in [0, 0.05) is 12.1 Å². The molecule has 5 heteroatoms. The zero-order chi connectivity index (χ0) is 14.6. The molecule has 19 heavy (non-hydrogen) atoms. The molecule has 0 aromatic heterocycles. The van der Waals surface area contributed by atoms with Crippen molar-refractivity contribution >= 4 is 11.6 Å². The van der Waals surface area contributed by atoms with Crippen molar-refractivity contribution in [2.45, 2.75) is 33.7 Å². The van der Waals surface area contributed by atoms with Gasteiger partial charge in [-0.3, -0.25) is 4.79 Å².